The molecule has 5 nitrogen and oxygen atoms in total. The number of rotatable bonds is 19. The molecular formula is C47H66O5. The third-order valence-corrected chi connectivity index (χ3v) is 11.4. The third kappa shape index (κ3) is 12.0. The molecule has 1 aliphatic heterocycles. The monoisotopic (exact) mass is 710 g/mol. The second-order valence-electron chi connectivity index (χ2n) is 16.6. The molecule has 0 aromatic heterocycles. The van der Waals surface area contributed by atoms with Crippen LogP contribution < -0.4 is 9.47 Å². The Hall–Kier alpha value is -3.60. The van der Waals surface area contributed by atoms with E-state index in [1.54, 1.807) is 0 Å². The minimum atomic E-state index is -0.583. The second kappa shape index (κ2) is 19.5. The van der Waals surface area contributed by atoms with Crippen LogP contribution in [-0.2, 0) is 27.2 Å². The molecule has 0 saturated heterocycles. The van der Waals surface area contributed by atoms with Crippen LogP contribution in [0.4, 0.5) is 0 Å². The number of benzene rings is 3. The highest BCUT2D eigenvalue weighted by Crippen LogP contribution is 2.45. The SMILES string of the molecule is Cc1c(C)c2c(c(C)c1OC(=O)COC(=O)C(C)c1cccc(Cc3ccccc3)c1)CC[C@@](C)(CCC[C@H](C)CCC[C@H](C)CCCC(C)C)O2. The summed E-state index contributed by atoms with van der Waals surface area (Å²) in [5.41, 5.74) is 6.91. The molecule has 0 bridgehead atoms. The van der Waals surface area contributed by atoms with E-state index in [0.29, 0.717) is 5.75 Å². The van der Waals surface area contributed by atoms with Gasteiger partial charge >= 0.3 is 11.9 Å². The number of carbonyl (C=O) groups is 2. The van der Waals surface area contributed by atoms with Crippen molar-refractivity contribution in [1.29, 1.82) is 0 Å². The van der Waals surface area contributed by atoms with E-state index in [2.05, 4.69) is 59.7 Å². The molecule has 1 aliphatic rings. The number of ether oxygens (including phenoxy) is 3. The molecule has 52 heavy (non-hydrogen) atoms. The summed E-state index contributed by atoms with van der Waals surface area (Å²) in [5, 5.41) is 0. The molecule has 3 aromatic carbocycles. The molecule has 0 saturated carbocycles. The molecule has 5 heteroatoms. The minimum Gasteiger partial charge on any atom is -0.487 e. The largest absolute Gasteiger partial charge is 0.487 e. The first-order chi connectivity index (χ1) is 24.8. The van der Waals surface area contributed by atoms with Crippen molar-refractivity contribution in [1.82, 2.24) is 0 Å². The number of fused-ring (bicyclic) bond motifs is 1. The number of hydrogen-bond acceptors (Lipinski definition) is 5. The molecule has 284 valence electrons. The van der Waals surface area contributed by atoms with Crippen LogP contribution in [0.1, 0.15) is 151 Å². The standard InChI is InChI=1S/C47H66O5/c1-32(2)17-13-18-33(3)19-14-20-34(4)21-16-27-47(9)28-26-42-38(8)44(35(5)36(6)45(42)52-47)51-43(48)31-50-46(49)37(7)41-25-15-24-40(30-41)29-39-22-11-10-12-23-39/h10-12,15,22-25,30,32-34,37H,13-14,16-21,26-29,31H2,1-9H3/t33-,34-,37?,47-/m1/s1. The van der Waals surface area contributed by atoms with Gasteiger partial charge in [-0.1, -0.05) is 127 Å². The van der Waals surface area contributed by atoms with Gasteiger partial charge < -0.3 is 14.2 Å². The van der Waals surface area contributed by atoms with Crippen molar-refractivity contribution < 1.29 is 23.8 Å². The number of esters is 2. The highest BCUT2D eigenvalue weighted by Gasteiger charge is 2.35. The van der Waals surface area contributed by atoms with Crippen LogP contribution in [0.2, 0.25) is 0 Å². The molecule has 0 N–H and O–H groups in total. The lowest BCUT2D eigenvalue weighted by molar-refractivity contribution is -0.154. The van der Waals surface area contributed by atoms with Crippen molar-refractivity contribution in [2.75, 3.05) is 6.61 Å². The van der Waals surface area contributed by atoms with E-state index in [9.17, 15) is 9.59 Å². The van der Waals surface area contributed by atoms with Crippen molar-refractivity contribution in [2.24, 2.45) is 17.8 Å². The maximum Gasteiger partial charge on any atom is 0.349 e. The summed E-state index contributed by atoms with van der Waals surface area (Å²) >= 11 is 0. The average Bonchev–Trinajstić information content (AvgIpc) is 3.11. The van der Waals surface area contributed by atoms with Crippen LogP contribution >= 0.6 is 0 Å². The van der Waals surface area contributed by atoms with E-state index in [4.69, 9.17) is 14.2 Å². The first kappa shape index (κ1) is 41.2. The van der Waals surface area contributed by atoms with Crippen LogP contribution in [0.5, 0.6) is 11.5 Å². The maximum absolute atomic E-state index is 13.0. The fraction of sp³-hybridized carbons (Fsp3) is 0.574. The zero-order valence-electron chi connectivity index (χ0n) is 33.7. The highest BCUT2D eigenvalue weighted by atomic mass is 16.6. The molecule has 1 unspecified atom stereocenters. The van der Waals surface area contributed by atoms with Crippen LogP contribution in [0.15, 0.2) is 54.6 Å². The summed E-state index contributed by atoms with van der Waals surface area (Å²) in [4.78, 5) is 26.0. The molecule has 0 fully saturated rings. The van der Waals surface area contributed by atoms with Crippen molar-refractivity contribution in [3.8, 4) is 11.5 Å². The normalized spacial score (nSPS) is 17.2. The van der Waals surface area contributed by atoms with Crippen molar-refractivity contribution in [3.63, 3.8) is 0 Å². The summed E-state index contributed by atoms with van der Waals surface area (Å²) in [5.74, 6) is 2.34. The van der Waals surface area contributed by atoms with Gasteiger partial charge in [0.1, 0.15) is 17.1 Å². The Balaban J connectivity index is 1.26. The lowest BCUT2D eigenvalue weighted by Crippen LogP contribution is -2.37. The van der Waals surface area contributed by atoms with Gasteiger partial charge in [-0.2, -0.15) is 0 Å². The van der Waals surface area contributed by atoms with Gasteiger partial charge in [0, 0.05) is 5.56 Å². The fourth-order valence-corrected chi connectivity index (χ4v) is 7.75. The van der Waals surface area contributed by atoms with Gasteiger partial charge in [0.05, 0.1) is 5.92 Å². The van der Waals surface area contributed by atoms with Gasteiger partial charge in [-0.05, 0) is 118 Å². The highest BCUT2D eigenvalue weighted by molar-refractivity contribution is 5.82. The summed E-state index contributed by atoms with van der Waals surface area (Å²) < 4.78 is 18.2. The quantitative estimate of drug-likeness (QED) is 0.0915. The fourth-order valence-electron chi connectivity index (χ4n) is 7.75. The van der Waals surface area contributed by atoms with E-state index in [-0.39, 0.29) is 5.60 Å². The van der Waals surface area contributed by atoms with Gasteiger partial charge in [0.2, 0.25) is 0 Å². The Morgan fingerprint density at radius 2 is 1.40 bits per heavy atom. The maximum atomic E-state index is 13.0. The van der Waals surface area contributed by atoms with Crippen molar-refractivity contribution >= 4 is 11.9 Å². The van der Waals surface area contributed by atoms with Gasteiger partial charge in [-0.3, -0.25) is 4.79 Å². The summed E-state index contributed by atoms with van der Waals surface area (Å²) in [6.45, 7) is 19.1. The molecule has 4 rings (SSSR count). The predicted octanol–water partition coefficient (Wildman–Crippen LogP) is 12.0. The number of carbonyl (C=O) groups excluding carboxylic acids is 2. The molecule has 0 aliphatic carbocycles. The summed E-state index contributed by atoms with van der Waals surface area (Å²) in [6, 6.07) is 18.2. The van der Waals surface area contributed by atoms with Gasteiger partial charge in [-0.25, -0.2) is 4.79 Å². The minimum absolute atomic E-state index is 0.203. The Bertz CT molecular complexity index is 1610. The second-order valence-corrected chi connectivity index (χ2v) is 16.6. The van der Waals surface area contributed by atoms with Crippen LogP contribution in [0.25, 0.3) is 0 Å². The van der Waals surface area contributed by atoms with Gasteiger partial charge in [-0.15, -0.1) is 0 Å². The first-order valence-electron chi connectivity index (χ1n) is 20.1. The van der Waals surface area contributed by atoms with Crippen molar-refractivity contribution in [3.05, 3.63) is 93.5 Å². The van der Waals surface area contributed by atoms with E-state index < -0.39 is 24.5 Å². The van der Waals surface area contributed by atoms with E-state index in [0.717, 1.165) is 82.6 Å². The van der Waals surface area contributed by atoms with Crippen LogP contribution in [0, 0.1) is 38.5 Å². The molecule has 0 amide bonds. The Morgan fingerprint density at radius 3 is 2.08 bits per heavy atom. The zero-order chi connectivity index (χ0) is 37.8. The van der Waals surface area contributed by atoms with Crippen LogP contribution in [-0.4, -0.2) is 24.1 Å². The lowest BCUT2D eigenvalue weighted by atomic mass is 9.83. The Kier molecular flexibility index (Phi) is 15.4. The Morgan fingerprint density at radius 1 is 0.769 bits per heavy atom. The number of hydrogen-bond donors (Lipinski definition) is 0. The molecule has 0 spiro atoms. The molecule has 1 heterocycles. The van der Waals surface area contributed by atoms with E-state index >= 15 is 0 Å². The lowest BCUT2D eigenvalue weighted by Gasteiger charge is -2.38. The van der Waals surface area contributed by atoms with E-state index in [1.807, 2.05) is 57.2 Å². The Labute approximate surface area is 315 Å². The third-order valence-electron chi connectivity index (χ3n) is 11.4. The van der Waals surface area contributed by atoms with Gasteiger partial charge in [0.15, 0.2) is 6.61 Å². The molecule has 4 atom stereocenters. The average molecular weight is 711 g/mol. The predicted molar refractivity (Wildman–Crippen MR) is 213 cm³/mol. The summed E-state index contributed by atoms with van der Waals surface area (Å²) in [6.07, 6.45) is 14.1. The molecule has 0 radical (unpaired) electrons. The van der Waals surface area contributed by atoms with E-state index in [1.165, 1.54) is 56.9 Å². The van der Waals surface area contributed by atoms with Crippen molar-refractivity contribution in [2.45, 2.75) is 151 Å². The van der Waals surface area contributed by atoms with Gasteiger partial charge in [0.25, 0.3) is 0 Å². The topological polar surface area (TPSA) is 61.8 Å². The smallest absolute Gasteiger partial charge is 0.349 e. The molecular weight excluding hydrogens is 645 g/mol. The zero-order valence-corrected chi connectivity index (χ0v) is 33.7. The molecule has 3 aromatic rings. The first-order valence-corrected chi connectivity index (χ1v) is 20.1. The summed E-state index contributed by atoms with van der Waals surface area (Å²) in [7, 11) is 0. The van der Waals surface area contributed by atoms with Crippen LogP contribution in [0.3, 0.4) is 0 Å².